The number of hydrogen-bond donors (Lipinski definition) is 0. The molecule has 0 heterocycles. The summed E-state index contributed by atoms with van der Waals surface area (Å²) in [6.45, 7) is 25.8. The van der Waals surface area contributed by atoms with Gasteiger partial charge in [0, 0.05) is 0 Å². The number of hydrogen-bond acceptors (Lipinski definition) is 0. The van der Waals surface area contributed by atoms with E-state index in [0.717, 1.165) is 12.8 Å². The summed E-state index contributed by atoms with van der Waals surface area (Å²) in [5, 5.41) is 3.06. The Morgan fingerprint density at radius 1 is 0.651 bits per heavy atom. The van der Waals surface area contributed by atoms with Crippen LogP contribution in [0.25, 0.3) is 11.1 Å². The van der Waals surface area contributed by atoms with Gasteiger partial charge in [0.2, 0.25) is 0 Å². The molecule has 0 fully saturated rings. The summed E-state index contributed by atoms with van der Waals surface area (Å²) in [6.07, 6.45) is 2.14. The first-order valence-corrected chi connectivity index (χ1v) is 19.3. The molecule has 228 valence electrons. The van der Waals surface area contributed by atoms with Crippen LogP contribution in [-0.2, 0) is 34.6 Å². The van der Waals surface area contributed by atoms with E-state index in [0.29, 0.717) is 15.1 Å². The van der Waals surface area contributed by atoms with Crippen molar-refractivity contribution in [2.24, 2.45) is 0 Å². The molecule has 1 atom stereocenters. The molecule has 0 aliphatic heterocycles. The molecule has 0 bridgehead atoms. The SMILES string of the molecule is CCc1cc(CC)cc(-c2c(C)c(C)c(C)[c-]2C([Si]c2cc(C)cc([Si](C)(C)C)c2)c2cc(C)cc(C)c2)c1.[Cl-].[Cl-].[Cl-].[Ti+4]. The van der Waals surface area contributed by atoms with E-state index in [4.69, 9.17) is 0 Å². The maximum absolute atomic E-state index is 2.54. The summed E-state index contributed by atoms with van der Waals surface area (Å²) >= 11 is 0. The molecule has 0 N–H and O–H groups in total. The minimum Gasteiger partial charge on any atom is -1.00 e. The number of benzene rings is 3. The second kappa shape index (κ2) is 17.1. The topological polar surface area (TPSA) is 0 Å². The van der Waals surface area contributed by atoms with Crippen LogP contribution in [0.5, 0.6) is 0 Å². The average Bonchev–Trinajstić information content (AvgIpc) is 3.09. The van der Waals surface area contributed by atoms with Gasteiger partial charge in [-0.15, -0.1) is 16.7 Å². The molecule has 1 unspecified atom stereocenters. The predicted molar refractivity (Wildman–Crippen MR) is 178 cm³/mol. The minimum atomic E-state index is -1.42. The van der Waals surface area contributed by atoms with E-state index in [1.807, 2.05) is 0 Å². The summed E-state index contributed by atoms with van der Waals surface area (Å²) < 4.78 is 0. The summed E-state index contributed by atoms with van der Waals surface area (Å²) in [6, 6.07) is 21.9. The Kier molecular flexibility index (Phi) is 16.7. The van der Waals surface area contributed by atoms with Crippen LogP contribution in [0.1, 0.15) is 75.0 Å². The van der Waals surface area contributed by atoms with Gasteiger partial charge in [-0.1, -0.05) is 158 Å². The molecule has 0 aromatic heterocycles. The maximum atomic E-state index is 2.54. The van der Waals surface area contributed by atoms with E-state index >= 15 is 0 Å². The largest absolute Gasteiger partial charge is 4.00 e. The third-order valence-electron chi connectivity index (χ3n) is 8.45. The van der Waals surface area contributed by atoms with Crippen molar-refractivity contribution in [2.75, 3.05) is 0 Å². The molecule has 4 rings (SSSR count). The summed E-state index contributed by atoms with van der Waals surface area (Å²) in [5.74, 6) is 0. The Bertz CT molecular complexity index is 1470. The van der Waals surface area contributed by atoms with Gasteiger partial charge < -0.3 is 37.2 Å². The Balaban J connectivity index is 0.00000441. The van der Waals surface area contributed by atoms with Crippen LogP contribution in [0.15, 0.2) is 54.6 Å². The standard InChI is InChI=1S/C37H47Si2.3ClH.Ti/c1-12-29-19-30(13-2)21-31(20-29)35-27(7)26(6)28(8)36(35)37(32-15-23(3)14-24(4)16-32)38-33-17-25(5)18-34(22-33)39(9,10)11;;;;/h14-22,37H,12-13H2,1-11H3;3*1H;/q-1;;;;+4/p-3. The van der Waals surface area contributed by atoms with Crippen molar-refractivity contribution >= 4 is 28.0 Å². The van der Waals surface area contributed by atoms with E-state index in [9.17, 15) is 0 Å². The van der Waals surface area contributed by atoms with Crippen LogP contribution < -0.4 is 47.6 Å². The zero-order chi connectivity index (χ0) is 28.6. The molecule has 0 nitrogen and oxygen atoms in total. The molecular weight excluding hydrogens is 655 g/mol. The molecule has 0 amide bonds. The Morgan fingerprint density at radius 3 is 1.65 bits per heavy atom. The fraction of sp³-hybridized carbons (Fsp3) is 0.378. The Labute approximate surface area is 299 Å². The van der Waals surface area contributed by atoms with Gasteiger partial charge in [-0.05, 0) is 39.2 Å². The van der Waals surface area contributed by atoms with Gasteiger partial charge in [0.1, 0.15) is 0 Å². The van der Waals surface area contributed by atoms with Crippen molar-refractivity contribution in [1.82, 2.24) is 0 Å². The average molecular weight is 702 g/mol. The van der Waals surface area contributed by atoms with Crippen LogP contribution in [0.2, 0.25) is 19.6 Å². The monoisotopic (exact) mass is 700 g/mol. The van der Waals surface area contributed by atoms with E-state index in [2.05, 4.69) is 130 Å². The van der Waals surface area contributed by atoms with Crippen LogP contribution in [0.4, 0.5) is 0 Å². The molecule has 0 aliphatic carbocycles. The maximum Gasteiger partial charge on any atom is 4.00 e. The fourth-order valence-corrected chi connectivity index (χ4v) is 9.19. The fourth-order valence-electron chi connectivity index (χ4n) is 6.07. The first kappa shape index (κ1) is 42.0. The molecule has 0 saturated heterocycles. The van der Waals surface area contributed by atoms with Gasteiger partial charge in [-0.25, -0.2) is 0 Å². The van der Waals surface area contributed by atoms with E-state index in [-0.39, 0.29) is 58.9 Å². The zero-order valence-corrected chi connectivity index (χ0v) is 33.7. The van der Waals surface area contributed by atoms with Gasteiger partial charge in [0.15, 0.2) is 0 Å². The summed E-state index contributed by atoms with van der Waals surface area (Å²) in [7, 11) is -0.740. The quantitative estimate of drug-likeness (QED) is 0.175. The Hall–Kier alpha value is -0.972. The molecule has 6 heteroatoms. The second-order valence-electron chi connectivity index (χ2n) is 12.7. The van der Waals surface area contributed by atoms with Gasteiger partial charge >= 0.3 is 21.7 Å². The van der Waals surface area contributed by atoms with Crippen LogP contribution in [0, 0.1) is 41.5 Å². The molecular formula is C37H47Cl3Si2Ti. The molecule has 43 heavy (non-hydrogen) atoms. The molecule has 4 aromatic rings. The molecule has 0 aliphatic rings. The normalized spacial score (nSPS) is 11.5. The van der Waals surface area contributed by atoms with Gasteiger partial charge in [-0.2, -0.15) is 11.1 Å². The van der Waals surface area contributed by atoms with Crippen molar-refractivity contribution < 1.29 is 58.9 Å². The second-order valence-corrected chi connectivity index (χ2v) is 19.3. The molecule has 0 spiro atoms. The summed E-state index contributed by atoms with van der Waals surface area (Å²) in [5.41, 5.74) is 17.6. The van der Waals surface area contributed by atoms with E-state index in [1.54, 1.807) is 10.8 Å². The third-order valence-corrected chi connectivity index (χ3v) is 12.0. The van der Waals surface area contributed by atoms with Crippen LogP contribution in [0.3, 0.4) is 0 Å². The summed E-state index contributed by atoms with van der Waals surface area (Å²) in [4.78, 5) is 0. The first-order chi connectivity index (χ1) is 18.3. The van der Waals surface area contributed by atoms with Crippen molar-refractivity contribution in [3.8, 4) is 11.1 Å². The van der Waals surface area contributed by atoms with Crippen molar-refractivity contribution in [3.05, 3.63) is 110 Å². The van der Waals surface area contributed by atoms with Crippen LogP contribution in [-0.4, -0.2) is 17.6 Å². The molecule has 4 aromatic carbocycles. The smallest absolute Gasteiger partial charge is 1.00 e. The molecule has 0 saturated carbocycles. The van der Waals surface area contributed by atoms with Crippen molar-refractivity contribution in [3.63, 3.8) is 0 Å². The Morgan fingerprint density at radius 2 is 1.16 bits per heavy atom. The number of halogens is 3. The number of aryl methyl sites for hydroxylation is 5. The van der Waals surface area contributed by atoms with Crippen molar-refractivity contribution in [2.45, 2.75) is 93.4 Å². The van der Waals surface area contributed by atoms with Crippen molar-refractivity contribution in [1.29, 1.82) is 0 Å². The van der Waals surface area contributed by atoms with Gasteiger partial charge in [0.25, 0.3) is 0 Å². The molecule has 2 radical (unpaired) electrons. The zero-order valence-electron chi connectivity index (χ0n) is 27.8. The van der Waals surface area contributed by atoms with Gasteiger partial charge in [0.05, 0.1) is 17.6 Å². The number of rotatable bonds is 8. The first-order valence-electron chi connectivity index (χ1n) is 14.7. The predicted octanol–water partition coefficient (Wildman–Crippen LogP) is -0.278. The third kappa shape index (κ3) is 9.52. The van der Waals surface area contributed by atoms with E-state index in [1.165, 1.54) is 66.4 Å². The van der Waals surface area contributed by atoms with E-state index < -0.39 is 8.07 Å². The van der Waals surface area contributed by atoms with Gasteiger partial charge in [-0.3, -0.25) is 0 Å². The minimum absolute atomic E-state index is 0. The van der Waals surface area contributed by atoms with Crippen LogP contribution >= 0.6 is 0 Å².